The van der Waals surface area contributed by atoms with Crippen molar-refractivity contribution < 1.29 is 10.0 Å². The Morgan fingerprint density at radius 3 is 2.95 bits per heavy atom. The van der Waals surface area contributed by atoms with E-state index in [1.807, 2.05) is 0 Å². The Balaban J connectivity index is 2.20. The minimum absolute atomic E-state index is 0.0196. The van der Waals surface area contributed by atoms with Crippen LogP contribution in [0.15, 0.2) is 12.3 Å². The van der Waals surface area contributed by atoms with E-state index in [-0.39, 0.29) is 35.1 Å². The van der Waals surface area contributed by atoms with Crippen molar-refractivity contribution in [3.05, 3.63) is 27.4 Å². The first-order chi connectivity index (χ1) is 9.11. The molecular formula is C12H16ClN3O3. The molecule has 0 aliphatic heterocycles. The molecule has 1 aromatic rings. The zero-order valence-electron chi connectivity index (χ0n) is 10.4. The Bertz CT molecular complexity index is 470. The molecule has 0 bridgehead atoms. The van der Waals surface area contributed by atoms with E-state index < -0.39 is 4.92 Å². The second-order valence-corrected chi connectivity index (χ2v) is 5.19. The van der Waals surface area contributed by atoms with Crippen molar-refractivity contribution in [1.82, 2.24) is 4.98 Å². The fourth-order valence-electron chi connectivity index (χ4n) is 2.47. The van der Waals surface area contributed by atoms with Crippen molar-refractivity contribution in [3.8, 4) is 0 Å². The lowest BCUT2D eigenvalue weighted by Gasteiger charge is -2.31. The van der Waals surface area contributed by atoms with Gasteiger partial charge in [-0.1, -0.05) is 24.4 Å². The Morgan fingerprint density at radius 1 is 1.53 bits per heavy atom. The highest BCUT2D eigenvalue weighted by atomic mass is 35.5. The molecule has 7 heteroatoms. The first-order valence-corrected chi connectivity index (χ1v) is 6.67. The molecule has 0 radical (unpaired) electrons. The molecule has 6 nitrogen and oxygen atoms in total. The molecule has 0 aromatic carbocycles. The van der Waals surface area contributed by atoms with Crippen molar-refractivity contribution in [2.75, 3.05) is 11.9 Å². The first kappa shape index (κ1) is 14.0. The van der Waals surface area contributed by atoms with E-state index in [0.717, 1.165) is 25.7 Å². The summed E-state index contributed by atoms with van der Waals surface area (Å²) in [6, 6.07) is 1.30. The van der Waals surface area contributed by atoms with Crippen LogP contribution in [0.5, 0.6) is 0 Å². The summed E-state index contributed by atoms with van der Waals surface area (Å²) in [5, 5.41) is 23.7. The molecule has 1 aliphatic rings. The number of aliphatic hydroxyl groups is 1. The molecule has 1 aromatic heterocycles. The Labute approximate surface area is 116 Å². The lowest BCUT2D eigenvalue weighted by Crippen LogP contribution is -2.34. The number of nitrogens with one attached hydrogen (secondary N) is 1. The summed E-state index contributed by atoms with van der Waals surface area (Å²) >= 11 is 5.72. The quantitative estimate of drug-likeness (QED) is 0.656. The highest BCUT2D eigenvalue weighted by Crippen LogP contribution is 2.30. The van der Waals surface area contributed by atoms with Crippen LogP contribution in [0.3, 0.4) is 0 Å². The predicted octanol–water partition coefficient (Wildman–Crippen LogP) is 2.61. The Morgan fingerprint density at radius 2 is 2.26 bits per heavy atom. The van der Waals surface area contributed by atoms with E-state index in [1.54, 1.807) is 0 Å². The monoisotopic (exact) mass is 285 g/mol. The molecule has 104 valence electrons. The predicted molar refractivity (Wildman–Crippen MR) is 72.4 cm³/mol. The van der Waals surface area contributed by atoms with Crippen molar-refractivity contribution in [1.29, 1.82) is 0 Å². The van der Waals surface area contributed by atoms with Gasteiger partial charge in [-0.05, 0) is 12.8 Å². The number of rotatable bonds is 4. The molecule has 2 unspecified atom stereocenters. The molecule has 2 N–H and O–H groups in total. The normalized spacial score (nSPS) is 23.1. The lowest BCUT2D eigenvalue weighted by molar-refractivity contribution is -0.384. The maximum atomic E-state index is 11.0. The Hall–Kier alpha value is -1.40. The summed E-state index contributed by atoms with van der Waals surface area (Å²) in [5.74, 6) is 0.339. The van der Waals surface area contributed by atoms with Crippen LogP contribution >= 0.6 is 11.6 Å². The zero-order valence-corrected chi connectivity index (χ0v) is 11.1. The van der Waals surface area contributed by atoms with Gasteiger partial charge in [-0.25, -0.2) is 4.98 Å². The molecule has 1 aliphatic carbocycles. The van der Waals surface area contributed by atoms with E-state index in [0.29, 0.717) is 0 Å². The standard InChI is InChI=1S/C12H16ClN3O3/c13-9-5-11(16(18)19)12(14-6-9)15-10-4-2-1-3-8(10)7-17/h5-6,8,10,17H,1-4,7H2,(H,14,15). The molecule has 19 heavy (non-hydrogen) atoms. The SMILES string of the molecule is O=[N+]([O-])c1cc(Cl)cnc1NC1CCCCC1CO. The number of hydrogen-bond donors (Lipinski definition) is 2. The molecule has 1 heterocycles. The molecule has 0 spiro atoms. The maximum Gasteiger partial charge on any atom is 0.312 e. The fourth-order valence-corrected chi connectivity index (χ4v) is 2.62. The molecule has 2 atom stereocenters. The summed E-state index contributed by atoms with van der Waals surface area (Å²) < 4.78 is 0. The molecule has 0 saturated heterocycles. The van der Waals surface area contributed by atoms with Crippen molar-refractivity contribution in [2.45, 2.75) is 31.7 Å². The van der Waals surface area contributed by atoms with Gasteiger partial charge in [0.05, 0.1) is 9.95 Å². The first-order valence-electron chi connectivity index (χ1n) is 6.29. The number of nitro groups is 1. The largest absolute Gasteiger partial charge is 0.396 e. The minimum atomic E-state index is -0.502. The summed E-state index contributed by atoms with van der Waals surface area (Å²) in [4.78, 5) is 14.5. The van der Waals surface area contributed by atoms with Gasteiger partial charge in [0.25, 0.3) is 0 Å². The average Bonchev–Trinajstić information content (AvgIpc) is 2.41. The fraction of sp³-hybridized carbons (Fsp3) is 0.583. The second-order valence-electron chi connectivity index (χ2n) is 4.76. The highest BCUT2D eigenvalue weighted by molar-refractivity contribution is 6.30. The summed E-state index contributed by atoms with van der Waals surface area (Å²) in [7, 11) is 0. The van der Waals surface area contributed by atoms with E-state index in [9.17, 15) is 15.2 Å². The topological polar surface area (TPSA) is 88.3 Å². The minimum Gasteiger partial charge on any atom is -0.396 e. The maximum absolute atomic E-state index is 11.0. The zero-order chi connectivity index (χ0) is 13.8. The molecule has 1 fully saturated rings. The average molecular weight is 286 g/mol. The number of anilines is 1. The molecule has 0 amide bonds. The number of hydrogen-bond acceptors (Lipinski definition) is 5. The van der Waals surface area contributed by atoms with Crippen LogP contribution in [0.1, 0.15) is 25.7 Å². The highest BCUT2D eigenvalue weighted by Gasteiger charge is 2.27. The number of nitrogens with zero attached hydrogens (tertiary/aromatic N) is 2. The molecular weight excluding hydrogens is 270 g/mol. The number of aliphatic hydroxyl groups excluding tert-OH is 1. The van der Waals surface area contributed by atoms with Gasteiger partial charge < -0.3 is 10.4 Å². The molecule has 1 saturated carbocycles. The second kappa shape index (κ2) is 6.16. The van der Waals surface area contributed by atoms with Gasteiger partial charge in [0.2, 0.25) is 5.82 Å². The van der Waals surface area contributed by atoms with Gasteiger partial charge in [-0.2, -0.15) is 0 Å². The van der Waals surface area contributed by atoms with Gasteiger partial charge in [0.1, 0.15) is 0 Å². The van der Waals surface area contributed by atoms with E-state index in [1.165, 1.54) is 12.3 Å². The van der Waals surface area contributed by atoms with Gasteiger partial charge in [0, 0.05) is 30.8 Å². The Kier molecular flexibility index (Phi) is 4.55. The van der Waals surface area contributed by atoms with Gasteiger partial charge in [0.15, 0.2) is 0 Å². The summed E-state index contributed by atoms with van der Waals surface area (Å²) in [6.45, 7) is 0.0824. The third-order valence-electron chi connectivity index (χ3n) is 3.50. The van der Waals surface area contributed by atoms with Crippen LogP contribution in [-0.4, -0.2) is 27.7 Å². The van der Waals surface area contributed by atoms with Crippen molar-refractivity contribution in [2.24, 2.45) is 5.92 Å². The van der Waals surface area contributed by atoms with Crippen LogP contribution in [0.2, 0.25) is 5.02 Å². The van der Waals surface area contributed by atoms with E-state index in [2.05, 4.69) is 10.3 Å². The third-order valence-corrected chi connectivity index (χ3v) is 3.70. The number of pyridine rings is 1. The number of aromatic nitrogens is 1. The van der Waals surface area contributed by atoms with Crippen molar-refractivity contribution in [3.63, 3.8) is 0 Å². The van der Waals surface area contributed by atoms with Gasteiger partial charge in [-0.15, -0.1) is 0 Å². The van der Waals surface area contributed by atoms with Crippen LogP contribution < -0.4 is 5.32 Å². The van der Waals surface area contributed by atoms with Crippen LogP contribution in [0.4, 0.5) is 11.5 Å². The van der Waals surface area contributed by atoms with Crippen molar-refractivity contribution >= 4 is 23.1 Å². The van der Waals surface area contributed by atoms with Crippen LogP contribution in [-0.2, 0) is 0 Å². The lowest BCUT2D eigenvalue weighted by atomic mass is 9.85. The van der Waals surface area contributed by atoms with Gasteiger partial charge >= 0.3 is 5.69 Å². The molecule has 2 rings (SSSR count). The van der Waals surface area contributed by atoms with Crippen LogP contribution in [0.25, 0.3) is 0 Å². The van der Waals surface area contributed by atoms with Gasteiger partial charge in [-0.3, -0.25) is 10.1 Å². The smallest absolute Gasteiger partial charge is 0.312 e. The van der Waals surface area contributed by atoms with Crippen LogP contribution in [0, 0.1) is 16.0 Å². The summed E-state index contributed by atoms with van der Waals surface area (Å²) in [5.41, 5.74) is -0.130. The summed E-state index contributed by atoms with van der Waals surface area (Å²) in [6.07, 6.45) is 5.32. The van der Waals surface area contributed by atoms with E-state index >= 15 is 0 Å². The third kappa shape index (κ3) is 3.33. The van der Waals surface area contributed by atoms with E-state index in [4.69, 9.17) is 11.6 Å². The number of halogens is 1.